The summed E-state index contributed by atoms with van der Waals surface area (Å²) in [4.78, 5) is 4.50. The number of pyridine rings is 1. The smallest absolute Gasteiger partial charge is 0.219 e. The molecule has 100 valence electrons. The summed E-state index contributed by atoms with van der Waals surface area (Å²) in [6.45, 7) is 0.460. The molecule has 0 amide bonds. The normalized spacial score (nSPS) is 25.7. The van der Waals surface area contributed by atoms with Crippen molar-refractivity contribution in [1.29, 1.82) is 5.26 Å². The zero-order chi connectivity index (χ0) is 13.2. The summed E-state index contributed by atoms with van der Waals surface area (Å²) in [6.07, 6.45) is 3.20. The minimum atomic E-state index is -1.32. The number of nitrogens with zero attached hydrogens (tertiary/aromatic N) is 2. The van der Waals surface area contributed by atoms with Gasteiger partial charge in [-0.1, -0.05) is 0 Å². The second-order valence-electron chi connectivity index (χ2n) is 5.07. The summed E-state index contributed by atoms with van der Waals surface area (Å²) < 4.78 is 18.6. The summed E-state index contributed by atoms with van der Waals surface area (Å²) in [5.74, 6) is 0.501. The molecule has 0 bridgehead atoms. The fraction of sp³-hybridized carbons (Fsp3) is 0.571. The molecular formula is C14H16FN3O. The maximum atomic E-state index is 13.6. The Bertz CT molecular complexity index is 526. The number of anilines is 1. The van der Waals surface area contributed by atoms with E-state index in [0.29, 0.717) is 24.4 Å². The fourth-order valence-electron chi connectivity index (χ4n) is 2.73. The van der Waals surface area contributed by atoms with Gasteiger partial charge in [-0.2, -0.15) is 5.26 Å². The number of rotatable bonds is 2. The van der Waals surface area contributed by atoms with Gasteiger partial charge in [-0.15, -0.1) is 0 Å². The standard InChI is InChI=1S/C14H16FN3O/c15-13-12(5-2-6-19-13)18-14-10(8-16)7-9-3-1-4-11(9)17-14/h7,12-13H,1-6H2,(H,17,18). The average Bonchev–Trinajstić information content (AvgIpc) is 2.87. The van der Waals surface area contributed by atoms with Crippen LogP contribution in [0.3, 0.4) is 0 Å². The van der Waals surface area contributed by atoms with Gasteiger partial charge in [0, 0.05) is 5.69 Å². The van der Waals surface area contributed by atoms with Crippen LogP contribution in [0.5, 0.6) is 0 Å². The first kappa shape index (κ1) is 12.4. The van der Waals surface area contributed by atoms with Crippen molar-refractivity contribution < 1.29 is 9.13 Å². The third-order valence-electron chi connectivity index (χ3n) is 3.75. The molecule has 5 heteroatoms. The maximum absolute atomic E-state index is 13.6. The number of hydrogen-bond donors (Lipinski definition) is 1. The first-order valence-corrected chi connectivity index (χ1v) is 6.73. The zero-order valence-corrected chi connectivity index (χ0v) is 10.7. The molecule has 0 aromatic carbocycles. The molecule has 1 N–H and O–H groups in total. The van der Waals surface area contributed by atoms with E-state index in [1.54, 1.807) is 0 Å². The number of fused-ring (bicyclic) bond motifs is 1. The van der Waals surface area contributed by atoms with E-state index >= 15 is 0 Å². The van der Waals surface area contributed by atoms with E-state index in [2.05, 4.69) is 16.4 Å². The van der Waals surface area contributed by atoms with E-state index in [4.69, 9.17) is 4.74 Å². The molecule has 1 aliphatic carbocycles. The first-order chi connectivity index (χ1) is 9.28. The van der Waals surface area contributed by atoms with Crippen LogP contribution in [0, 0.1) is 11.3 Å². The molecule has 1 aromatic heterocycles. The lowest BCUT2D eigenvalue weighted by Gasteiger charge is -2.27. The van der Waals surface area contributed by atoms with Crippen LogP contribution in [0.4, 0.5) is 10.2 Å². The van der Waals surface area contributed by atoms with Crippen LogP contribution in [0.2, 0.25) is 0 Å². The molecule has 19 heavy (non-hydrogen) atoms. The van der Waals surface area contributed by atoms with Crippen molar-refractivity contribution >= 4 is 5.82 Å². The molecule has 1 saturated heterocycles. The molecule has 3 rings (SSSR count). The fourth-order valence-corrected chi connectivity index (χ4v) is 2.73. The van der Waals surface area contributed by atoms with Gasteiger partial charge in [0.15, 0.2) is 0 Å². The van der Waals surface area contributed by atoms with Gasteiger partial charge in [0.1, 0.15) is 11.9 Å². The number of aromatic nitrogens is 1. The van der Waals surface area contributed by atoms with E-state index in [0.717, 1.165) is 36.9 Å². The summed E-state index contributed by atoms with van der Waals surface area (Å²) >= 11 is 0. The second-order valence-corrected chi connectivity index (χ2v) is 5.07. The van der Waals surface area contributed by atoms with Gasteiger partial charge in [0.2, 0.25) is 6.36 Å². The van der Waals surface area contributed by atoms with E-state index in [-0.39, 0.29) is 0 Å². The van der Waals surface area contributed by atoms with Crippen LogP contribution >= 0.6 is 0 Å². The lowest BCUT2D eigenvalue weighted by atomic mass is 10.1. The van der Waals surface area contributed by atoms with E-state index in [9.17, 15) is 9.65 Å². The Hall–Kier alpha value is -1.67. The van der Waals surface area contributed by atoms with Gasteiger partial charge in [-0.05, 0) is 43.7 Å². The number of hydrogen-bond acceptors (Lipinski definition) is 4. The Morgan fingerprint density at radius 1 is 1.42 bits per heavy atom. The summed E-state index contributed by atoms with van der Waals surface area (Å²) in [7, 11) is 0. The van der Waals surface area contributed by atoms with Crippen molar-refractivity contribution in [2.45, 2.75) is 44.5 Å². The molecule has 4 nitrogen and oxygen atoms in total. The van der Waals surface area contributed by atoms with Crippen LogP contribution in [-0.2, 0) is 17.6 Å². The minimum absolute atomic E-state index is 0.409. The molecule has 2 heterocycles. The van der Waals surface area contributed by atoms with Gasteiger partial charge < -0.3 is 10.1 Å². The summed E-state index contributed by atoms with van der Waals surface area (Å²) in [5, 5.41) is 12.2. The molecule has 2 atom stereocenters. The lowest BCUT2D eigenvalue weighted by molar-refractivity contribution is -0.0758. The molecule has 0 spiro atoms. The third kappa shape index (κ3) is 2.41. The van der Waals surface area contributed by atoms with Crippen molar-refractivity contribution in [2.75, 3.05) is 11.9 Å². The van der Waals surface area contributed by atoms with Crippen molar-refractivity contribution in [3.63, 3.8) is 0 Å². The van der Waals surface area contributed by atoms with Gasteiger partial charge in [-0.3, -0.25) is 0 Å². The van der Waals surface area contributed by atoms with E-state index in [1.807, 2.05) is 6.07 Å². The average molecular weight is 261 g/mol. The third-order valence-corrected chi connectivity index (χ3v) is 3.75. The number of nitrogens with one attached hydrogen (secondary N) is 1. The summed E-state index contributed by atoms with van der Waals surface area (Å²) in [5.41, 5.74) is 2.69. The van der Waals surface area contributed by atoms with Crippen molar-refractivity contribution in [3.05, 3.63) is 22.9 Å². The monoisotopic (exact) mass is 261 g/mol. The Balaban J connectivity index is 1.85. The van der Waals surface area contributed by atoms with Crippen LogP contribution in [0.25, 0.3) is 0 Å². The molecule has 2 unspecified atom stereocenters. The topological polar surface area (TPSA) is 57.9 Å². The Morgan fingerprint density at radius 2 is 2.32 bits per heavy atom. The number of aryl methyl sites for hydroxylation is 2. The highest BCUT2D eigenvalue weighted by Crippen LogP contribution is 2.27. The summed E-state index contributed by atoms with van der Waals surface area (Å²) in [6, 6.07) is 3.62. The quantitative estimate of drug-likeness (QED) is 0.887. The van der Waals surface area contributed by atoms with Crippen LogP contribution in [0.15, 0.2) is 6.07 Å². The molecule has 1 aliphatic heterocycles. The van der Waals surface area contributed by atoms with Gasteiger partial charge >= 0.3 is 0 Å². The maximum Gasteiger partial charge on any atom is 0.219 e. The first-order valence-electron chi connectivity index (χ1n) is 6.73. The van der Waals surface area contributed by atoms with Crippen LogP contribution in [0.1, 0.15) is 36.1 Å². The van der Waals surface area contributed by atoms with Crippen molar-refractivity contribution in [3.8, 4) is 6.07 Å². The van der Waals surface area contributed by atoms with Crippen LogP contribution in [-0.4, -0.2) is 24.0 Å². The highest BCUT2D eigenvalue weighted by Gasteiger charge is 2.27. The van der Waals surface area contributed by atoms with E-state index < -0.39 is 12.4 Å². The largest absolute Gasteiger partial charge is 0.361 e. The zero-order valence-electron chi connectivity index (χ0n) is 10.7. The second kappa shape index (κ2) is 5.14. The van der Waals surface area contributed by atoms with E-state index in [1.165, 1.54) is 0 Å². The minimum Gasteiger partial charge on any atom is -0.361 e. The highest BCUT2D eigenvalue weighted by atomic mass is 19.1. The van der Waals surface area contributed by atoms with Gasteiger partial charge in [-0.25, -0.2) is 9.37 Å². The van der Waals surface area contributed by atoms with Crippen molar-refractivity contribution in [1.82, 2.24) is 4.98 Å². The Kier molecular flexibility index (Phi) is 3.34. The number of ether oxygens (including phenoxy) is 1. The van der Waals surface area contributed by atoms with Gasteiger partial charge in [0.25, 0.3) is 0 Å². The molecule has 0 saturated carbocycles. The SMILES string of the molecule is N#Cc1cc2c(nc1NC1CCCOC1F)CCC2. The number of nitriles is 1. The number of halogens is 1. The molecular weight excluding hydrogens is 245 g/mol. The molecule has 0 radical (unpaired) electrons. The van der Waals surface area contributed by atoms with Gasteiger partial charge in [0.05, 0.1) is 18.2 Å². The Labute approximate surface area is 111 Å². The predicted octanol–water partition coefficient (Wildman–Crippen LogP) is 2.33. The lowest BCUT2D eigenvalue weighted by Crippen LogP contribution is -2.37. The molecule has 1 fully saturated rings. The van der Waals surface area contributed by atoms with Crippen molar-refractivity contribution in [2.24, 2.45) is 0 Å². The number of alkyl halides is 1. The molecule has 2 aliphatic rings. The Morgan fingerprint density at radius 3 is 3.11 bits per heavy atom. The molecule has 1 aromatic rings. The predicted molar refractivity (Wildman–Crippen MR) is 68.5 cm³/mol. The van der Waals surface area contributed by atoms with Crippen LogP contribution < -0.4 is 5.32 Å². The highest BCUT2D eigenvalue weighted by molar-refractivity contribution is 5.55.